The van der Waals surface area contributed by atoms with Gasteiger partial charge in [0.25, 0.3) is 5.91 Å². The largest absolute Gasteiger partial charge is 0.463 e. The van der Waals surface area contributed by atoms with Crippen LogP contribution >= 0.6 is 0 Å². The lowest BCUT2D eigenvalue weighted by molar-refractivity contribution is -0.137. The molecule has 0 aliphatic heterocycles. The highest BCUT2D eigenvalue weighted by Crippen LogP contribution is 2.24. The first-order chi connectivity index (χ1) is 13.4. The zero-order valence-electron chi connectivity index (χ0n) is 16.2. The second-order valence-corrected chi connectivity index (χ2v) is 6.07. The maximum absolute atomic E-state index is 12.6. The van der Waals surface area contributed by atoms with E-state index in [1.165, 1.54) is 12.4 Å². The minimum atomic E-state index is -0.386. The topological polar surface area (TPSA) is 106 Å². The Bertz CT molecular complexity index is 897. The molecule has 0 saturated heterocycles. The molecule has 2 rings (SSSR count). The Hall–Kier alpha value is -3.61. The summed E-state index contributed by atoms with van der Waals surface area (Å²) in [5, 5.41) is 9.19. The summed E-state index contributed by atoms with van der Waals surface area (Å²) in [6.07, 6.45) is 4.42. The van der Waals surface area contributed by atoms with Gasteiger partial charge in [0.2, 0.25) is 0 Å². The van der Waals surface area contributed by atoms with Gasteiger partial charge in [0.15, 0.2) is 0 Å². The Morgan fingerprint density at radius 1 is 1.18 bits per heavy atom. The number of benzene rings is 2. The number of aryl methyl sites for hydroxylation is 2. The minimum absolute atomic E-state index is 0.227. The number of hydrogen-bond acceptors (Lipinski definition) is 5. The molecular formula is C21H24N4O3. The molecule has 146 valence electrons. The number of carbonyl (C=O) groups excluding carboxylic acids is 2. The highest BCUT2D eigenvalue weighted by Gasteiger charge is 2.11. The van der Waals surface area contributed by atoms with Crippen molar-refractivity contribution in [2.45, 2.75) is 20.8 Å². The number of nitrogens with zero attached hydrogens (tertiary/aromatic N) is 1. The van der Waals surface area contributed by atoms with Crippen LogP contribution < -0.4 is 16.5 Å². The molecule has 0 bridgehead atoms. The molecule has 7 heteroatoms. The fourth-order valence-electron chi connectivity index (χ4n) is 2.69. The molecule has 0 radical (unpaired) electrons. The van der Waals surface area contributed by atoms with Crippen molar-refractivity contribution < 1.29 is 14.3 Å². The summed E-state index contributed by atoms with van der Waals surface area (Å²) in [7, 11) is 0. The summed E-state index contributed by atoms with van der Waals surface area (Å²) < 4.78 is 4.88. The Kier molecular flexibility index (Phi) is 7.33. The number of nitrogens with two attached hydrogens (primary N) is 1. The SMILES string of the molecule is CCOC(=O)C=Cc1cc(C)c(NC(=O)c2cccc(NC=NN)c2)c(C)c1. The number of anilines is 2. The first kappa shape index (κ1) is 20.7. The Morgan fingerprint density at radius 3 is 2.54 bits per heavy atom. The van der Waals surface area contributed by atoms with Crippen LogP contribution in [-0.4, -0.2) is 24.8 Å². The molecule has 1 amide bonds. The Morgan fingerprint density at radius 2 is 1.89 bits per heavy atom. The molecule has 0 aliphatic carbocycles. The molecule has 0 fully saturated rings. The van der Waals surface area contributed by atoms with Gasteiger partial charge >= 0.3 is 5.97 Å². The smallest absolute Gasteiger partial charge is 0.330 e. The van der Waals surface area contributed by atoms with Crippen molar-refractivity contribution in [2.75, 3.05) is 17.2 Å². The van der Waals surface area contributed by atoms with Crippen LogP contribution in [0.4, 0.5) is 11.4 Å². The van der Waals surface area contributed by atoms with Gasteiger partial charge in [-0.25, -0.2) is 4.79 Å². The number of nitrogens with one attached hydrogen (secondary N) is 2. The van der Waals surface area contributed by atoms with E-state index in [4.69, 9.17) is 10.6 Å². The van der Waals surface area contributed by atoms with Gasteiger partial charge in [-0.2, -0.15) is 5.10 Å². The molecule has 2 aromatic rings. The normalized spacial score (nSPS) is 11.0. The van der Waals surface area contributed by atoms with Crippen LogP contribution in [0.2, 0.25) is 0 Å². The molecule has 28 heavy (non-hydrogen) atoms. The molecule has 0 aliphatic rings. The average Bonchev–Trinajstić information content (AvgIpc) is 2.68. The van der Waals surface area contributed by atoms with Gasteiger partial charge < -0.3 is 21.2 Å². The van der Waals surface area contributed by atoms with E-state index >= 15 is 0 Å². The third-order valence-corrected chi connectivity index (χ3v) is 3.92. The van der Waals surface area contributed by atoms with Crippen LogP contribution in [0.1, 0.15) is 34.0 Å². The third kappa shape index (κ3) is 5.70. The lowest BCUT2D eigenvalue weighted by atomic mass is 10.0. The molecule has 0 spiro atoms. The molecule has 0 aromatic heterocycles. The second-order valence-electron chi connectivity index (χ2n) is 6.07. The van der Waals surface area contributed by atoms with E-state index in [1.807, 2.05) is 26.0 Å². The zero-order valence-corrected chi connectivity index (χ0v) is 16.2. The number of esters is 1. The number of amides is 1. The first-order valence-electron chi connectivity index (χ1n) is 8.80. The average molecular weight is 380 g/mol. The van der Waals surface area contributed by atoms with Crippen LogP contribution in [0, 0.1) is 13.8 Å². The van der Waals surface area contributed by atoms with E-state index in [-0.39, 0.29) is 11.9 Å². The number of carbonyl (C=O) groups is 2. The van der Waals surface area contributed by atoms with Crippen LogP contribution in [0.25, 0.3) is 6.08 Å². The summed E-state index contributed by atoms with van der Waals surface area (Å²) in [5.41, 5.74) is 4.58. The summed E-state index contributed by atoms with van der Waals surface area (Å²) in [6.45, 7) is 5.90. The maximum Gasteiger partial charge on any atom is 0.330 e. The van der Waals surface area contributed by atoms with E-state index in [9.17, 15) is 9.59 Å². The molecule has 0 heterocycles. The Labute approximate surface area is 164 Å². The van der Waals surface area contributed by atoms with Gasteiger partial charge in [0, 0.05) is 23.0 Å². The number of hydrogen-bond donors (Lipinski definition) is 3. The summed E-state index contributed by atoms with van der Waals surface area (Å²) in [4.78, 5) is 24.1. The van der Waals surface area contributed by atoms with Crippen molar-refractivity contribution in [2.24, 2.45) is 10.9 Å². The minimum Gasteiger partial charge on any atom is -0.463 e. The van der Waals surface area contributed by atoms with Gasteiger partial charge in [-0.3, -0.25) is 4.79 Å². The lowest BCUT2D eigenvalue weighted by Crippen LogP contribution is -2.14. The third-order valence-electron chi connectivity index (χ3n) is 3.92. The standard InChI is InChI=1S/C21H24N4O3/c1-4-28-19(26)9-8-16-10-14(2)20(15(3)11-16)25-21(27)17-6-5-7-18(12-17)23-13-24-22/h5-13H,4,22H2,1-3H3,(H,23,24)(H,25,27). The fourth-order valence-corrected chi connectivity index (χ4v) is 2.69. The van der Waals surface area contributed by atoms with Crippen LogP contribution in [0.5, 0.6) is 0 Å². The quantitative estimate of drug-likeness (QED) is 0.170. The van der Waals surface area contributed by atoms with Crippen LogP contribution in [0.15, 0.2) is 47.6 Å². The number of hydrazone groups is 1. The van der Waals surface area contributed by atoms with Gasteiger partial charge in [-0.15, -0.1) is 0 Å². The van der Waals surface area contributed by atoms with Gasteiger partial charge in [-0.1, -0.05) is 6.07 Å². The van der Waals surface area contributed by atoms with Crippen molar-refractivity contribution in [3.05, 3.63) is 64.7 Å². The van der Waals surface area contributed by atoms with Gasteiger partial charge in [-0.05, 0) is 73.9 Å². The number of rotatable bonds is 7. The second kappa shape index (κ2) is 9.91. The molecule has 7 nitrogen and oxygen atoms in total. The molecule has 0 unspecified atom stereocenters. The van der Waals surface area contributed by atoms with Crippen molar-refractivity contribution in [1.82, 2.24) is 0 Å². The van der Waals surface area contributed by atoms with Gasteiger partial charge in [0.05, 0.1) is 6.61 Å². The van der Waals surface area contributed by atoms with E-state index in [0.717, 1.165) is 22.4 Å². The van der Waals surface area contributed by atoms with E-state index in [1.54, 1.807) is 37.3 Å². The molecule has 0 saturated carbocycles. The van der Waals surface area contributed by atoms with Crippen molar-refractivity contribution in [3.63, 3.8) is 0 Å². The van der Waals surface area contributed by atoms with Crippen LogP contribution in [0.3, 0.4) is 0 Å². The predicted molar refractivity (Wildman–Crippen MR) is 112 cm³/mol. The van der Waals surface area contributed by atoms with E-state index < -0.39 is 0 Å². The molecule has 4 N–H and O–H groups in total. The fraction of sp³-hybridized carbons (Fsp3) is 0.190. The lowest BCUT2D eigenvalue weighted by Gasteiger charge is -2.13. The molecule has 2 aromatic carbocycles. The molecular weight excluding hydrogens is 356 g/mol. The van der Waals surface area contributed by atoms with Crippen molar-refractivity contribution >= 4 is 35.7 Å². The van der Waals surface area contributed by atoms with E-state index in [2.05, 4.69) is 15.7 Å². The zero-order chi connectivity index (χ0) is 20.5. The summed E-state index contributed by atoms with van der Waals surface area (Å²) >= 11 is 0. The monoisotopic (exact) mass is 380 g/mol. The van der Waals surface area contributed by atoms with Gasteiger partial charge in [0.1, 0.15) is 6.34 Å². The number of ether oxygens (including phenoxy) is 1. The molecule has 0 atom stereocenters. The van der Waals surface area contributed by atoms with E-state index in [0.29, 0.717) is 17.9 Å². The van der Waals surface area contributed by atoms with Crippen LogP contribution in [-0.2, 0) is 9.53 Å². The predicted octanol–water partition coefficient (Wildman–Crippen LogP) is 3.45. The van der Waals surface area contributed by atoms with Crippen molar-refractivity contribution in [3.8, 4) is 0 Å². The first-order valence-corrected chi connectivity index (χ1v) is 8.80. The Balaban J connectivity index is 2.18. The highest BCUT2D eigenvalue weighted by molar-refractivity contribution is 6.06. The summed E-state index contributed by atoms with van der Waals surface area (Å²) in [6, 6.07) is 10.8. The highest BCUT2D eigenvalue weighted by atomic mass is 16.5. The summed E-state index contributed by atoms with van der Waals surface area (Å²) in [5.74, 6) is 4.46. The van der Waals surface area contributed by atoms with Crippen molar-refractivity contribution in [1.29, 1.82) is 0 Å². The maximum atomic E-state index is 12.6.